The number of nitrogens with one attached hydrogen (secondary N) is 2. The normalized spacial score (nSPS) is 13.4. The van der Waals surface area contributed by atoms with Gasteiger partial charge in [0, 0.05) is 19.3 Å². The number of anilines is 1. The Balaban J connectivity index is 1.24. The van der Waals surface area contributed by atoms with Crippen LogP contribution in [0, 0.1) is 18.3 Å². The molecule has 4 heterocycles. The lowest BCUT2D eigenvalue weighted by Crippen LogP contribution is -2.40. The van der Waals surface area contributed by atoms with Crippen LogP contribution in [0.1, 0.15) is 27.4 Å². The molecule has 0 spiro atoms. The number of hydrogen-bond acceptors (Lipinski definition) is 7. The molecule has 0 atom stereocenters. The number of aryl methyl sites for hydroxylation is 1. The molecule has 9 heteroatoms. The molecule has 9 nitrogen and oxygen atoms in total. The standard InChI is InChI=1S/C26H24N6O3/c1-17-12-18(15-27)2-3-21(17)19-6-7-28-25(13-19)29-16-20-14-22(31-30-20)23-4-5-24(35-23)26(33)32-8-10-34-11-9-32/h2-7,12-14H,8-11,16H2,1H3,(H,28,29)(H,30,31). The molecule has 0 aliphatic carbocycles. The number of nitrogens with zero attached hydrogens (tertiary/aromatic N) is 4. The molecule has 4 aromatic rings. The van der Waals surface area contributed by atoms with Gasteiger partial charge >= 0.3 is 0 Å². The molecule has 1 fully saturated rings. The minimum atomic E-state index is -0.135. The predicted octanol–water partition coefficient (Wildman–Crippen LogP) is 4.00. The molecule has 1 saturated heterocycles. The molecule has 0 saturated carbocycles. The summed E-state index contributed by atoms with van der Waals surface area (Å²) in [6.07, 6.45) is 1.75. The summed E-state index contributed by atoms with van der Waals surface area (Å²) in [5, 5.41) is 19.7. The smallest absolute Gasteiger partial charge is 0.289 e. The number of benzene rings is 1. The van der Waals surface area contributed by atoms with Crippen molar-refractivity contribution in [3.63, 3.8) is 0 Å². The highest BCUT2D eigenvalue weighted by Crippen LogP contribution is 2.26. The number of carbonyl (C=O) groups is 1. The van der Waals surface area contributed by atoms with Gasteiger partial charge in [-0.25, -0.2) is 4.98 Å². The maximum absolute atomic E-state index is 12.6. The number of aromatic amines is 1. The molecule has 5 rings (SSSR count). The van der Waals surface area contributed by atoms with E-state index in [1.165, 1.54) is 0 Å². The van der Waals surface area contributed by atoms with Crippen molar-refractivity contribution in [1.29, 1.82) is 5.26 Å². The topological polar surface area (TPSA) is 120 Å². The van der Waals surface area contributed by atoms with Crippen LogP contribution in [0.2, 0.25) is 0 Å². The summed E-state index contributed by atoms with van der Waals surface area (Å²) in [6, 6.07) is 17.1. The van der Waals surface area contributed by atoms with E-state index in [2.05, 4.69) is 26.6 Å². The first-order valence-corrected chi connectivity index (χ1v) is 11.3. The molecule has 176 valence electrons. The fourth-order valence-electron chi connectivity index (χ4n) is 4.03. The van der Waals surface area contributed by atoms with Crippen LogP contribution in [0.25, 0.3) is 22.6 Å². The van der Waals surface area contributed by atoms with Gasteiger partial charge in [-0.2, -0.15) is 10.4 Å². The number of H-pyrrole nitrogens is 1. The monoisotopic (exact) mass is 468 g/mol. The summed E-state index contributed by atoms with van der Waals surface area (Å²) in [4.78, 5) is 18.7. The summed E-state index contributed by atoms with van der Waals surface area (Å²) in [6.45, 7) is 4.66. The summed E-state index contributed by atoms with van der Waals surface area (Å²) in [5.74, 6) is 1.43. The zero-order chi connectivity index (χ0) is 24.2. The van der Waals surface area contributed by atoms with E-state index in [9.17, 15) is 4.79 Å². The van der Waals surface area contributed by atoms with Gasteiger partial charge in [-0.3, -0.25) is 9.89 Å². The Morgan fingerprint density at radius 1 is 1.17 bits per heavy atom. The van der Waals surface area contributed by atoms with E-state index in [1.807, 2.05) is 43.3 Å². The highest BCUT2D eigenvalue weighted by atomic mass is 16.5. The third-order valence-electron chi connectivity index (χ3n) is 5.89. The Hall–Kier alpha value is -4.42. The number of hydrogen-bond donors (Lipinski definition) is 2. The van der Waals surface area contributed by atoms with Crippen LogP contribution in [-0.4, -0.2) is 52.3 Å². The summed E-state index contributed by atoms with van der Waals surface area (Å²) in [7, 11) is 0. The Labute approximate surface area is 202 Å². The number of nitriles is 1. The minimum Gasteiger partial charge on any atom is -0.449 e. The zero-order valence-electron chi connectivity index (χ0n) is 19.2. The van der Waals surface area contributed by atoms with Crippen LogP contribution in [-0.2, 0) is 11.3 Å². The van der Waals surface area contributed by atoms with Crippen molar-refractivity contribution in [3.8, 4) is 28.7 Å². The highest BCUT2D eigenvalue weighted by molar-refractivity contribution is 5.92. The second kappa shape index (κ2) is 9.83. The number of morpholine rings is 1. The van der Waals surface area contributed by atoms with Crippen molar-refractivity contribution < 1.29 is 13.9 Å². The van der Waals surface area contributed by atoms with Gasteiger partial charge < -0.3 is 19.4 Å². The van der Waals surface area contributed by atoms with Gasteiger partial charge in [0.15, 0.2) is 11.5 Å². The first-order chi connectivity index (χ1) is 17.1. The van der Waals surface area contributed by atoms with E-state index >= 15 is 0 Å². The van der Waals surface area contributed by atoms with Gasteiger partial charge in [0.2, 0.25) is 0 Å². The van der Waals surface area contributed by atoms with E-state index in [0.29, 0.717) is 61.4 Å². The molecule has 0 unspecified atom stereocenters. The second-order valence-electron chi connectivity index (χ2n) is 8.27. The molecule has 0 bridgehead atoms. The van der Waals surface area contributed by atoms with E-state index < -0.39 is 0 Å². The summed E-state index contributed by atoms with van der Waals surface area (Å²) < 4.78 is 11.1. The average Bonchev–Trinajstić information content (AvgIpc) is 3.58. The Kier molecular flexibility index (Phi) is 6.28. The maximum atomic E-state index is 12.6. The molecule has 1 aromatic carbocycles. The third kappa shape index (κ3) is 4.93. The fourth-order valence-corrected chi connectivity index (χ4v) is 4.03. The zero-order valence-corrected chi connectivity index (χ0v) is 19.2. The van der Waals surface area contributed by atoms with Gasteiger partial charge in [0.05, 0.1) is 37.1 Å². The summed E-state index contributed by atoms with van der Waals surface area (Å²) in [5.41, 5.74) is 5.21. The second-order valence-corrected chi connectivity index (χ2v) is 8.27. The number of carbonyl (C=O) groups excluding carboxylic acids is 1. The SMILES string of the molecule is Cc1cc(C#N)ccc1-c1ccnc(NCc2cc(-c3ccc(C(=O)N4CCOCC4)o3)[nH]n2)c1. The Morgan fingerprint density at radius 3 is 2.83 bits per heavy atom. The first-order valence-electron chi connectivity index (χ1n) is 11.3. The molecule has 1 aliphatic heterocycles. The molecule has 2 N–H and O–H groups in total. The van der Waals surface area contributed by atoms with Crippen molar-refractivity contribution in [2.24, 2.45) is 0 Å². The number of ether oxygens (including phenoxy) is 1. The number of aromatic nitrogens is 3. The first kappa shape index (κ1) is 22.4. The van der Waals surface area contributed by atoms with Crippen molar-refractivity contribution in [2.75, 3.05) is 31.6 Å². The lowest BCUT2D eigenvalue weighted by molar-refractivity contribution is 0.0283. The van der Waals surface area contributed by atoms with Crippen LogP contribution < -0.4 is 5.32 Å². The van der Waals surface area contributed by atoms with E-state index in [0.717, 1.165) is 22.4 Å². The van der Waals surface area contributed by atoms with Gasteiger partial charge in [-0.05, 0) is 66.1 Å². The average molecular weight is 469 g/mol. The minimum absolute atomic E-state index is 0.135. The van der Waals surface area contributed by atoms with Crippen molar-refractivity contribution >= 4 is 11.7 Å². The fraction of sp³-hybridized carbons (Fsp3) is 0.231. The largest absolute Gasteiger partial charge is 0.449 e. The van der Waals surface area contributed by atoms with Crippen molar-refractivity contribution in [3.05, 3.63) is 77.3 Å². The van der Waals surface area contributed by atoms with Crippen molar-refractivity contribution in [2.45, 2.75) is 13.5 Å². The molecule has 3 aromatic heterocycles. The van der Waals surface area contributed by atoms with E-state index in [4.69, 9.17) is 14.4 Å². The Bertz CT molecular complexity index is 1390. The van der Waals surface area contributed by atoms with Crippen LogP contribution >= 0.6 is 0 Å². The molecule has 1 aliphatic rings. The Morgan fingerprint density at radius 2 is 2.03 bits per heavy atom. The van der Waals surface area contributed by atoms with Crippen LogP contribution in [0.4, 0.5) is 5.82 Å². The quantitative estimate of drug-likeness (QED) is 0.439. The maximum Gasteiger partial charge on any atom is 0.289 e. The van der Waals surface area contributed by atoms with Gasteiger partial charge in [-0.15, -0.1) is 0 Å². The molecule has 0 radical (unpaired) electrons. The summed E-state index contributed by atoms with van der Waals surface area (Å²) >= 11 is 0. The van der Waals surface area contributed by atoms with Gasteiger partial charge in [0.1, 0.15) is 11.5 Å². The van der Waals surface area contributed by atoms with Gasteiger partial charge in [-0.1, -0.05) is 6.07 Å². The van der Waals surface area contributed by atoms with Gasteiger partial charge in [0.25, 0.3) is 5.91 Å². The van der Waals surface area contributed by atoms with E-state index in [1.54, 1.807) is 23.2 Å². The molecule has 35 heavy (non-hydrogen) atoms. The number of pyridine rings is 1. The predicted molar refractivity (Wildman–Crippen MR) is 129 cm³/mol. The number of rotatable bonds is 6. The number of furan rings is 1. The highest BCUT2D eigenvalue weighted by Gasteiger charge is 2.22. The van der Waals surface area contributed by atoms with Crippen LogP contribution in [0.5, 0.6) is 0 Å². The number of amides is 1. The van der Waals surface area contributed by atoms with Crippen LogP contribution in [0.3, 0.4) is 0 Å². The molecular formula is C26H24N6O3. The van der Waals surface area contributed by atoms with Crippen LogP contribution in [0.15, 0.2) is 59.1 Å². The molecule has 1 amide bonds. The lowest BCUT2D eigenvalue weighted by atomic mass is 9.99. The lowest BCUT2D eigenvalue weighted by Gasteiger charge is -2.25. The van der Waals surface area contributed by atoms with Crippen molar-refractivity contribution in [1.82, 2.24) is 20.1 Å². The van der Waals surface area contributed by atoms with E-state index in [-0.39, 0.29) is 5.91 Å². The molecular weight excluding hydrogens is 444 g/mol. The third-order valence-corrected chi connectivity index (χ3v) is 5.89.